The first-order valence-corrected chi connectivity index (χ1v) is 5.12. The number of nitrogens with one attached hydrogen (secondary N) is 1. The molecule has 0 atom stereocenters. The van der Waals surface area contributed by atoms with E-state index in [0.29, 0.717) is 0 Å². The van der Waals surface area contributed by atoms with E-state index in [4.69, 9.17) is 5.11 Å². The van der Waals surface area contributed by atoms with Crippen LogP contribution in [0.3, 0.4) is 0 Å². The summed E-state index contributed by atoms with van der Waals surface area (Å²) >= 11 is 0. The molecule has 0 saturated carbocycles. The quantitative estimate of drug-likeness (QED) is 0.826. The highest BCUT2D eigenvalue weighted by atomic mass is 16.4. The van der Waals surface area contributed by atoms with Crippen molar-refractivity contribution in [2.75, 3.05) is 0 Å². The van der Waals surface area contributed by atoms with Gasteiger partial charge in [-0.05, 0) is 18.1 Å². The van der Waals surface area contributed by atoms with E-state index in [9.17, 15) is 4.79 Å². The molecule has 0 radical (unpaired) electrons. The molecule has 82 valence electrons. The Balaban J connectivity index is 2.46. The molecule has 2 rings (SSSR count). The maximum atomic E-state index is 10.8. The predicted octanol–water partition coefficient (Wildman–Crippen LogP) is 2.62. The van der Waals surface area contributed by atoms with Gasteiger partial charge in [-0.15, -0.1) is 0 Å². The number of benzene rings is 1. The van der Waals surface area contributed by atoms with Crippen LogP contribution in [0, 0.1) is 6.92 Å². The first-order valence-electron chi connectivity index (χ1n) is 5.12. The van der Waals surface area contributed by atoms with Crippen LogP contribution in [0.1, 0.15) is 11.3 Å². The molecule has 16 heavy (non-hydrogen) atoms. The zero-order valence-corrected chi connectivity index (χ0v) is 9.03. The van der Waals surface area contributed by atoms with E-state index < -0.39 is 5.97 Å². The van der Waals surface area contributed by atoms with Crippen LogP contribution in [0.2, 0.25) is 0 Å². The van der Waals surface area contributed by atoms with E-state index in [1.165, 1.54) is 0 Å². The van der Waals surface area contributed by atoms with Gasteiger partial charge in [-0.3, -0.25) is 4.79 Å². The molecule has 0 aliphatic heterocycles. The molecule has 0 saturated heterocycles. The molecule has 0 amide bonds. The van der Waals surface area contributed by atoms with Gasteiger partial charge in [0.2, 0.25) is 0 Å². The minimum absolute atomic E-state index is 0.0551. The monoisotopic (exact) mass is 215 g/mol. The van der Waals surface area contributed by atoms with E-state index in [2.05, 4.69) is 4.98 Å². The van der Waals surface area contributed by atoms with Crippen LogP contribution in [0.15, 0.2) is 36.5 Å². The topological polar surface area (TPSA) is 53.1 Å². The number of hydrogen-bond donors (Lipinski definition) is 2. The number of aromatic amines is 1. The highest BCUT2D eigenvalue weighted by molar-refractivity contribution is 5.77. The SMILES string of the molecule is Cc1[nH]cc(-c2ccccc2)c1CC(=O)O. The van der Waals surface area contributed by atoms with Crippen LogP contribution in [-0.4, -0.2) is 16.1 Å². The van der Waals surface area contributed by atoms with E-state index in [0.717, 1.165) is 22.4 Å². The van der Waals surface area contributed by atoms with Crippen molar-refractivity contribution in [1.82, 2.24) is 4.98 Å². The standard InChI is InChI=1S/C13H13NO2/c1-9-11(7-13(15)16)12(8-14-9)10-5-3-2-4-6-10/h2-6,8,14H,7H2,1H3,(H,15,16). The van der Waals surface area contributed by atoms with Crippen LogP contribution < -0.4 is 0 Å². The Labute approximate surface area is 93.7 Å². The third-order valence-corrected chi connectivity index (χ3v) is 2.62. The number of aryl methyl sites for hydroxylation is 1. The summed E-state index contributed by atoms with van der Waals surface area (Å²) in [5.74, 6) is -0.806. The number of aliphatic carboxylic acids is 1. The molecule has 3 nitrogen and oxygen atoms in total. The zero-order chi connectivity index (χ0) is 11.5. The lowest BCUT2D eigenvalue weighted by atomic mass is 10.0. The molecule has 0 aliphatic carbocycles. The van der Waals surface area contributed by atoms with Crippen LogP contribution in [0.5, 0.6) is 0 Å². The Kier molecular flexibility index (Phi) is 2.77. The molecule has 1 aromatic heterocycles. The first-order chi connectivity index (χ1) is 7.68. The Morgan fingerprint density at radius 1 is 1.31 bits per heavy atom. The van der Waals surface area contributed by atoms with Crippen molar-refractivity contribution >= 4 is 5.97 Å². The average Bonchev–Trinajstić information content (AvgIpc) is 2.61. The van der Waals surface area contributed by atoms with Gasteiger partial charge in [0, 0.05) is 17.5 Å². The maximum absolute atomic E-state index is 10.8. The van der Waals surface area contributed by atoms with E-state index >= 15 is 0 Å². The fourth-order valence-electron chi connectivity index (χ4n) is 1.81. The largest absolute Gasteiger partial charge is 0.481 e. The lowest BCUT2D eigenvalue weighted by Gasteiger charge is -2.02. The summed E-state index contributed by atoms with van der Waals surface area (Å²) in [5.41, 5.74) is 3.79. The van der Waals surface area contributed by atoms with Crippen molar-refractivity contribution in [1.29, 1.82) is 0 Å². The summed E-state index contributed by atoms with van der Waals surface area (Å²) in [4.78, 5) is 13.9. The molecule has 1 aromatic carbocycles. The fourth-order valence-corrected chi connectivity index (χ4v) is 1.81. The number of carboxylic acids is 1. The van der Waals surface area contributed by atoms with Gasteiger partial charge in [-0.1, -0.05) is 30.3 Å². The summed E-state index contributed by atoms with van der Waals surface area (Å²) in [6.07, 6.45) is 1.92. The van der Waals surface area contributed by atoms with Crippen LogP contribution in [0.4, 0.5) is 0 Å². The Morgan fingerprint density at radius 3 is 2.62 bits per heavy atom. The normalized spacial score (nSPS) is 10.3. The van der Waals surface area contributed by atoms with Crippen LogP contribution in [0.25, 0.3) is 11.1 Å². The fraction of sp³-hybridized carbons (Fsp3) is 0.154. The lowest BCUT2D eigenvalue weighted by molar-refractivity contribution is -0.136. The van der Waals surface area contributed by atoms with Gasteiger partial charge in [0.15, 0.2) is 0 Å². The van der Waals surface area contributed by atoms with E-state index in [1.807, 2.05) is 43.5 Å². The summed E-state index contributed by atoms with van der Waals surface area (Å²) in [6.45, 7) is 1.89. The average molecular weight is 215 g/mol. The van der Waals surface area contributed by atoms with Crippen LogP contribution >= 0.6 is 0 Å². The van der Waals surface area contributed by atoms with Gasteiger partial charge < -0.3 is 10.1 Å². The smallest absolute Gasteiger partial charge is 0.307 e. The number of rotatable bonds is 3. The van der Waals surface area contributed by atoms with Crippen molar-refractivity contribution in [2.45, 2.75) is 13.3 Å². The molecular weight excluding hydrogens is 202 g/mol. The Bertz CT molecular complexity index is 500. The minimum atomic E-state index is -0.806. The number of carbonyl (C=O) groups is 1. The van der Waals surface area contributed by atoms with Crippen molar-refractivity contribution in [3.05, 3.63) is 47.8 Å². The van der Waals surface area contributed by atoms with Crippen molar-refractivity contribution < 1.29 is 9.90 Å². The third-order valence-electron chi connectivity index (χ3n) is 2.62. The molecular formula is C13H13NO2. The maximum Gasteiger partial charge on any atom is 0.307 e. The molecule has 0 spiro atoms. The van der Waals surface area contributed by atoms with Crippen LogP contribution in [-0.2, 0) is 11.2 Å². The van der Waals surface area contributed by atoms with E-state index in [-0.39, 0.29) is 6.42 Å². The number of hydrogen-bond acceptors (Lipinski definition) is 1. The molecule has 2 aromatic rings. The Hall–Kier alpha value is -2.03. The first kappa shape index (κ1) is 10.5. The molecule has 0 bridgehead atoms. The van der Waals surface area contributed by atoms with Gasteiger partial charge in [0.1, 0.15) is 0 Å². The molecule has 3 heteroatoms. The summed E-state index contributed by atoms with van der Waals surface area (Å²) in [6, 6.07) is 9.80. The lowest BCUT2D eigenvalue weighted by Crippen LogP contribution is -2.01. The van der Waals surface area contributed by atoms with Crippen molar-refractivity contribution in [3.8, 4) is 11.1 Å². The summed E-state index contributed by atoms with van der Waals surface area (Å²) in [5, 5.41) is 8.87. The van der Waals surface area contributed by atoms with Gasteiger partial charge >= 0.3 is 5.97 Å². The molecule has 0 unspecified atom stereocenters. The summed E-state index contributed by atoms with van der Waals surface area (Å²) < 4.78 is 0. The highest BCUT2D eigenvalue weighted by Crippen LogP contribution is 2.26. The predicted molar refractivity (Wildman–Crippen MR) is 62.3 cm³/mol. The molecule has 0 fully saturated rings. The zero-order valence-electron chi connectivity index (χ0n) is 9.03. The second-order valence-electron chi connectivity index (χ2n) is 3.74. The van der Waals surface area contributed by atoms with E-state index in [1.54, 1.807) is 0 Å². The number of H-pyrrole nitrogens is 1. The second kappa shape index (κ2) is 4.23. The van der Waals surface area contributed by atoms with Gasteiger partial charge in [-0.2, -0.15) is 0 Å². The molecule has 1 heterocycles. The minimum Gasteiger partial charge on any atom is -0.481 e. The third kappa shape index (κ3) is 1.98. The van der Waals surface area contributed by atoms with Gasteiger partial charge in [-0.25, -0.2) is 0 Å². The highest BCUT2D eigenvalue weighted by Gasteiger charge is 2.12. The Morgan fingerprint density at radius 2 is 2.00 bits per heavy atom. The van der Waals surface area contributed by atoms with Gasteiger partial charge in [0.25, 0.3) is 0 Å². The number of carboxylic acid groups (broad SMARTS) is 1. The molecule has 2 N–H and O–H groups in total. The van der Waals surface area contributed by atoms with Crippen molar-refractivity contribution in [2.24, 2.45) is 0 Å². The van der Waals surface area contributed by atoms with Gasteiger partial charge in [0.05, 0.1) is 6.42 Å². The van der Waals surface area contributed by atoms with Crippen molar-refractivity contribution in [3.63, 3.8) is 0 Å². The summed E-state index contributed by atoms with van der Waals surface area (Å²) in [7, 11) is 0. The second-order valence-corrected chi connectivity index (χ2v) is 3.74. The molecule has 0 aliphatic rings. The number of aromatic nitrogens is 1.